The van der Waals surface area contributed by atoms with Gasteiger partial charge in [0.25, 0.3) is 0 Å². The predicted octanol–water partition coefficient (Wildman–Crippen LogP) is 8.29. The SMILES string of the molecule is C1=Cc2c(c(-c3ccccc3)c3ccccc3c2-c2ccc3ccccc3c2)CC1. The fraction of sp³-hybridized carbons (Fsp3) is 0.0667. The smallest absolute Gasteiger partial charge is 0.00295 e. The Hall–Kier alpha value is -3.64. The van der Waals surface area contributed by atoms with Crippen LogP contribution in [0.25, 0.3) is 49.9 Å². The molecule has 0 nitrogen and oxygen atoms in total. The first-order valence-corrected chi connectivity index (χ1v) is 10.7. The van der Waals surface area contributed by atoms with Crippen molar-refractivity contribution in [2.45, 2.75) is 12.8 Å². The molecule has 0 N–H and O–H groups in total. The fourth-order valence-corrected chi connectivity index (χ4v) is 4.98. The van der Waals surface area contributed by atoms with Crippen molar-refractivity contribution in [2.75, 3.05) is 0 Å². The van der Waals surface area contributed by atoms with E-state index < -0.39 is 0 Å². The summed E-state index contributed by atoms with van der Waals surface area (Å²) >= 11 is 0. The van der Waals surface area contributed by atoms with Crippen LogP contribution < -0.4 is 0 Å². The summed E-state index contributed by atoms with van der Waals surface area (Å²) in [4.78, 5) is 0. The summed E-state index contributed by atoms with van der Waals surface area (Å²) < 4.78 is 0. The van der Waals surface area contributed by atoms with Gasteiger partial charge in [-0.15, -0.1) is 0 Å². The number of hydrogen-bond donors (Lipinski definition) is 0. The monoisotopic (exact) mass is 382 g/mol. The molecule has 142 valence electrons. The third-order valence-electron chi connectivity index (χ3n) is 6.31. The molecular weight excluding hydrogens is 360 g/mol. The number of benzene rings is 5. The van der Waals surface area contributed by atoms with Crippen molar-refractivity contribution in [1.29, 1.82) is 0 Å². The van der Waals surface area contributed by atoms with Crippen LogP contribution in [0.2, 0.25) is 0 Å². The Labute approximate surface area is 177 Å². The lowest BCUT2D eigenvalue weighted by Gasteiger charge is -2.23. The van der Waals surface area contributed by atoms with Crippen molar-refractivity contribution in [3.8, 4) is 22.3 Å². The third kappa shape index (κ3) is 2.69. The standard InChI is InChI=1S/C30H22/c1-2-11-22(12-3-1)29-25-14-6-8-16-27(25)30(28-17-9-7-15-26(28)29)24-19-18-21-10-4-5-13-23(21)20-24/h1-6,8-14,16-20H,7,15H2. The van der Waals surface area contributed by atoms with Gasteiger partial charge in [0, 0.05) is 0 Å². The van der Waals surface area contributed by atoms with Gasteiger partial charge in [0.15, 0.2) is 0 Å². The van der Waals surface area contributed by atoms with E-state index in [0.29, 0.717) is 0 Å². The van der Waals surface area contributed by atoms with Crippen LogP contribution in [-0.4, -0.2) is 0 Å². The summed E-state index contributed by atoms with van der Waals surface area (Å²) in [7, 11) is 0. The van der Waals surface area contributed by atoms with Gasteiger partial charge in [0.2, 0.25) is 0 Å². The Balaban J connectivity index is 1.74. The van der Waals surface area contributed by atoms with Crippen molar-refractivity contribution < 1.29 is 0 Å². The first-order chi connectivity index (χ1) is 14.9. The van der Waals surface area contributed by atoms with Crippen molar-refractivity contribution in [3.63, 3.8) is 0 Å². The molecule has 5 aromatic carbocycles. The fourth-order valence-electron chi connectivity index (χ4n) is 4.98. The number of hydrogen-bond acceptors (Lipinski definition) is 0. The quantitative estimate of drug-likeness (QED) is 0.288. The van der Waals surface area contributed by atoms with E-state index in [1.54, 1.807) is 0 Å². The summed E-state index contributed by atoms with van der Waals surface area (Å²) in [6.07, 6.45) is 6.86. The summed E-state index contributed by atoms with van der Waals surface area (Å²) in [5, 5.41) is 5.26. The number of allylic oxidation sites excluding steroid dienone is 1. The molecule has 1 aliphatic rings. The van der Waals surface area contributed by atoms with Crippen LogP contribution in [0.15, 0.2) is 103 Å². The summed E-state index contributed by atoms with van der Waals surface area (Å²) in [6.45, 7) is 0. The van der Waals surface area contributed by atoms with E-state index in [0.717, 1.165) is 12.8 Å². The maximum Gasteiger partial charge on any atom is -0.00295 e. The molecule has 1 aliphatic carbocycles. The molecule has 0 heteroatoms. The summed E-state index contributed by atoms with van der Waals surface area (Å²) in [6, 6.07) is 35.3. The van der Waals surface area contributed by atoms with E-state index in [9.17, 15) is 0 Å². The second-order valence-electron chi connectivity index (χ2n) is 8.06. The van der Waals surface area contributed by atoms with E-state index >= 15 is 0 Å². The van der Waals surface area contributed by atoms with Gasteiger partial charge < -0.3 is 0 Å². The topological polar surface area (TPSA) is 0 Å². The molecule has 0 bridgehead atoms. The van der Waals surface area contributed by atoms with E-state index in [2.05, 4.69) is 109 Å². The van der Waals surface area contributed by atoms with Crippen molar-refractivity contribution in [1.82, 2.24) is 0 Å². The molecular formula is C30H22. The normalized spacial score (nSPS) is 12.9. The van der Waals surface area contributed by atoms with Crippen LogP contribution in [0.3, 0.4) is 0 Å². The molecule has 30 heavy (non-hydrogen) atoms. The predicted molar refractivity (Wildman–Crippen MR) is 130 cm³/mol. The van der Waals surface area contributed by atoms with Gasteiger partial charge in [0.1, 0.15) is 0 Å². The third-order valence-corrected chi connectivity index (χ3v) is 6.31. The first kappa shape index (κ1) is 17.2. The number of fused-ring (bicyclic) bond motifs is 3. The Morgan fingerprint density at radius 3 is 2.07 bits per heavy atom. The van der Waals surface area contributed by atoms with Crippen LogP contribution in [-0.2, 0) is 6.42 Å². The van der Waals surface area contributed by atoms with Gasteiger partial charge in [-0.25, -0.2) is 0 Å². The lowest BCUT2D eigenvalue weighted by Crippen LogP contribution is -2.02. The molecule has 6 rings (SSSR count). The number of rotatable bonds is 2. The molecule has 0 unspecified atom stereocenters. The summed E-state index contributed by atoms with van der Waals surface area (Å²) in [5.74, 6) is 0. The lowest BCUT2D eigenvalue weighted by atomic mass is 9.80. The van der Waals surface area contributed by atoms with Crippen LogP contribution in [0.5, 0.6) is 0 Å². The van der Waals surface area contributed by atoms with Crippen molar-refractivity contribution in [3.05, 3.63) is 114 Å². The molecule has 0 amide bonds. The van der Waals surface area contributed by atoms with E-state index in [1.165, 1.54) is 54.9 Å². The first-order valence-electron chi connectivity index (χ1n) is 10.7. The Kier molecular flexibility index (Phi) is 4.02. The minimum atomic E-state index is 1.08. The van der Waals surface area contributed by atoms with E-state index in [1.807, 2.05) is 0 Å². The lowest BCUT2D eigenvalue weighted by molar-refractivity contribution is 0.991. The molecule has 0 saturated carbocycles. The van der Waals surface area contributed by atoms with Crippen molar-refractivity contribution in [2.24, 2.45) is 0 Å². The molecule has 0 radical (unpaired) electrons. The van der Waals surface area contributed by atoms with Crippen LogP contribution >= 0.6 is 0 Å². The highest BCUT2D eigenvalue weighted by Gasteiger charge is 2.21. The highest BCUT2D eigenvalue weighted by atomic mass is 14.2. The van der Waals surface area contributed by atoms with Gasteiger partial charge in [-0.3, -0.25) is 0 Å². The Bertz CT molecular complexity index is 1420. The van der Waals surface area contributed by atoms with Gasteiger partial charge in [0.05, 0.1) is 0 Å². The van der Waals surface area contributed by atoms with Gasteiger partial charge in [-0.1, -0.05) is 103 Å². The highest BCUT2D eigenvalue weighted by Crippen LogP contribution is 2.44. The minimum absolute atomic E-state index is 1.08. The molecule has 0 saturated heterocycles. The van der Waals surface area contributed by atoms with E-state index in [4.69, 9.17) is 0 Å². The zero-order valence-corrected chi connectivity index (χ0v) is 16.8. The molecule has 0 atom stereocenters. The molecule has 0 spiro atoms. The summed E-state index contributed by atoms with van der Waals surface area (Å²) in [5.41, 5.74) is 8.23. The van der Waals surface area contributed by atoms with Crippen LogP contribution in [0, 0.1) is 0 Å². The maximum atomic E-state index is 2.35. The zero-order chi connectivity index (χ0) is 19.9. The van der Waals surface area contributed by atoms with Gasteiger partial charge in [-0.05, 0) is 73.8 Å². The molecule has 0 aromatic heterocycles. The zero-order valence-electron chi connectivity index (χ0n) is 16.8. The Morgan fingerprint density at radius 1 is 0.533 bits per heavy atom. The minimum Gasteiger partial charge on any atom is -0.0836 e. The second kappa shape index (κ2) is 7.00. The molecule has 5 aromatic rings. The Morgan fingerprint density at radius 2 is 1.23 bits per heavy atom. The highest BCUT2D eigenvalue weighted by molar-refractivity contribution is 6.10. The van der Waals surface area contributed by atoms with Gasteiger partial charge >= 0.3 is 0 Å². The molecule has 0 heterocycles. The van der Waals surface area contributed by atoms with Crippen LogP contribution in [0.4, 0.5) is 0 Å². The van der Waals surface area contributed by atoms with Crippen LogP contribution in [0.1, 0.15) is 17.5 Å². The maximum absolute atomic E-state index is 2.35. The van der Waals surface area contributed by atoms with Gasteiger partial charge in [-0.2, -0.15) is 0 Å². The largest absolute Gasteiger partial charge is 0.0836 e. The molecule has 0 fully saturated rings. The van der Waals surface area contributed by atoms with Crippen molar-refractivity contribution >= 4 is 27.6 Å². The average molecular weight is 383 g/mol. The average Bonchev–Trinajstić information content (AvgIpc) is 2.82. The van der Waals surface area contributed by atoms with E-state index in [-0.39, 0.29) is 0 Å². The molecule has 0 aliphatic heterocycles. The second-order valence-corrected chi connectivity index (χ2v) is 8.06.